The summed E-state index contributed by atoms with van der Waals surface area (Å²) in [4.78, 5) is 0. The molecule has 0 aliphatic carbocycles. The highest BCUT2D eigenvalue weighted by atomic mass is 16.7. The zero-order valence-corrected chi connectivity index (χ0v) is 19.3. The predicted octanol–water partition coefficient (Wildman–Crippen LogP) is 6.65. The van der Waals surface area contributed by atoms with Crippen LogP contribution in [0, 0.1) is 0 Å². The average molecular weight is 401 g/mol. The monoisotopic (exact) mass is 400 g/mol. The Labute approximate surface area is 175 Å². The van der Waals surface area contributed by atoms with Crippen molar-refractivity contribution in [2.75, 3.05) is 26.4 Å². The zero-order chi connectivity index (χ0) is 20.5. The van der Waals surface area contributed by atoms with Crippen LogP contribution in [0.1, 0.15) is 111 Å². The van der Waals surface area contributed by atoms with Crippen molar-refractivity contribution < 1.29 is 18.9 Å². The molecule has 0 aromatic carbocycles. The standard InChI is InChI=1S/C24H48O4/c1-5-7-8-9-10-11-12-13-14-15-16-17-18-22(26-6-2)19-25-20-23-21-27-24(3,4)28-23/h22-23H,5-21H2,1-4H3. The molecule has 168 valence electrons. The largest absolute Gasteiger partial charge is 0.376 e. The van der Waals surface area contributed by atoms with Crippen molar-refractivity contribution in [1.29, 1.82) is 0 Å². The van der Waals surface area contributed by atoms with E-state index in [1.54, 1.807) is 0 Å². The Morgan fingerprint density at radius 1 is 0.857 bits per heavy atom. The van der Waals surface area contributed by atoms with Gasteiger partial charge in [0, 0.05) is 6.61 Å². The molecule has 0 spiro atoms. The predicted molar refractivity (Wildman–Crippen MR) is 117 cm³/mol. The number of rotatable bonds is 19. The molecule has 0 bridgehead atoms. The molecule has 1 aliphatic rings. The lowest BCUT2D eigenvalue weighted by Gasteiger charge is -2.19. The van der Waals surface area contributed by atoms with Gasteiger partial charge in [-0.15, -0.1) is 0 Å². The van der Waals surface area contributed by atoms with Gasteiger partial charge < -0.3 is 18.9 Å². The van der Waals surface area contributed by atoms with Gasteiger partial charge in [0.05, 0.1) is 25.9 Å². The Kier molecular flexibility index (Phi) is 15.4. The molecule has 4 nitrogen and oxygen atoms in total. The molecule has 2 unspecified atom stereocenters. The highest BCUT2D eigenvalue weighted by molar-refractivity contribution is 4.70. The molecule has 1 rings (SSSR count). The quantitative estimate of drug-likeness (QED) is 0.227. The molecule has 0 saturated carbocycles. The summed E-state index contributed by atoms with van der Waals surface area (Å²) in [6.07, 6.45) is 18.0. The Morgan fingerprint density at radius 2 is 1.43 bits per heavy atom. The smallest absolute Gasteiger partial charge is 0.163 e. The van der Waals surface area contributed by atoms with Crippen LogP contribution in [0.5, 0.6) is 0 Å². The van der Waals surface area contributed by atoms with Crippen molar-refractivity contribution in [2.45, 2.75) is 129 Å². The van der Waals surface area contributed by atoms with Crippen LogP contribution < -0.4 is 0 Å². The molecule has 0 aromatic rings. The molecule has 0 aromatic heterocycles. The second kappa shape index (κ2) is 16.6. The number of ether oxygens (including phenoxy) is 4. The third kappa shape index (κ3) is 13.9. The number of unbranched alkanes of at least 4 members (excludes halogenated alkanes) is 11. The van der Waals surface area contributed by atoms with E-state index < -0.39 is 5.79 Å². The van der Waals surface area contributed by atoms with Crippen LogP contribution in [0.25, 0.3) is 0 Å². The Morgan fingerprint density at radius 3 is 1.93 bits per heavy atom. The zero-order valence-electron chi connectivity index (χ0n) is 19.3. The summed E-state index contributed by atoms with van der Waals surface area (Å²) in [5, 5.41) is 0. The third-order valence-corrected chi connectivity index (χ3v) is 5.46. The second-order valence-electron chi connectivity index (χ2n) is 8.74. The van der Waals surface area contributed by atoms with Crippen molar-refractivity contribution >= 4 is 0 Å². The lowest BCUT2D eigenvalue weighted by Crippen LogP contribution is -2.27. The van der Waals surface area contributed by atoms with Crippen LogP contribution in [-0.2, 0) is 18.9 Å². The molecule has 1 saturated heterocycles. The molecule has 4 heteroatoms. The minimum absolute atomic E-state index is 0.0453. The van der Waals surface area contributed by atoms with Crippen LogP contribution in [0.2, 0.25) is 0 Å². The van der Waals surface area contributed by atoms with Crippen molar-refractivity contribution in [3.63, 3.8) is 0 Å². The maximum Gasteiger partial charge on any atom is 0.163 e. The Hall–Kier alpha value is -0.160. The summed E-state index contributed by atoms with van der Waals surface area (Å²) in [7, 11) is 0. The molecular weight excluding hydrogens is 352 g/mol. The van der Waals surface area contributed by atoms with Crippen molar-refractivity contribution in [3.05, 3.63) is 0 Å². The van der Waals surface area contributed by atoms with E-state index in [2.05, 4.69) is 13.8 Å². The van der Waals surface area contributed by atoms with Gasteiger partial charge in [-0.1, -0.05) is 84.0 Å². The lowest BCUT2D eigenvalue weighted by atomic mass is 10.0. The van der Waals surface area contributed by atoms with Gasteiger partial charge in [-0.25, -0.2) is 0 Å². The fraction of sp³-hybridized carbons (Fsp3) is 1.00. The maximum atomic E-state index is 5.85. The molecule has 2 atom stereocenters. The molecule has 1 fully saturated rings. The molecule has 0 radical (unpaired) electrons. The van der Waals surface area contributed by atoms with Crippen LogP contribution >= 0.6 is 0 Å². The fourth-order valence-corrected chi connectivity index (χ4v) is 3.84. The van der Waals surface area contributed by atoms with Crippen LogP contribution in [-0.4, -0.2) is 44.4 Å². The van der Waals surface area contributed by atoms with Gasteiger partial charge in [0.25, 0.3) is 0 Å². The maximum absolute atomic E-state index is 5.85. The van der Waals surface area contributed by atoms with E-state index in [9.17, 15) is 0 Å². The molecule has 28 heavy (non-hydrogen) atoms. The van der Waals surface area contributed by atoms with E-state index in [1.807, 2.05) is 13.8 Å². The second-order valence-corrected chi connectivity index (χ2v) is 8.74. The summed E-state index contributed by atoms with van der Waals surface area (Å²) in [6.45, 7) is 10.9. The van der Waals surface area contributed by atoms with Gasteiger partial charge in [-0.2, -0.15) is 0 Å². The summed E-state index contributed by atoms with van der Waals surface area (Å²) in [6, 6.07) is 0. The summed E-state index contributed by atoms with van der Waals surface area (Å²) in [5.41, 5.74) is 0. The van der Waals surface area contributed by atoms with Crippen LogP contribution in [0.15, 0.2) is 0 Å². The van der Waals surface area contributed by atoms with Gasteiger partial charge in [0.15, 0.2) is 5.79 Å². The minimum Gasteiger partial charge on any atom is -0.376 e. The van der Waals surface area contributed by atoms with Crippen molar-refractivity contribution in [2.24, 2.45) is 0 Å². The molecule has 0 N–H and O–H groups in total. The van der Waals surface area contributed by atoms with Gasteiger partial charge in [-0.05, 0) is 27.2 Å². The molecule has 1 heterocycles. The lowest BCUT2D eigenvalue weighted by molar-refractivity contribution is -0.147. The topological polar surface area (TPSA) is 36.9 Å². The SMILES string of the molecule is CCCCCCCCCCCCCCC(COCC1COC(C)(C)O1)OCC. The van der Waals surface area contributed by atoms with E-state index in [1.165, 1.54) is 77.0 Å². The minimum atomic E-state index is -0.470. The van der Waals surface area contributed by atoms with E-state index >= 15 is 0 Å². The molecular formula is C24H48O4. The van der Waals surface area contributed by atoms with E-state index in [-0.39, 0.29) is 12.2 Å². The highest BCUT2D eigenvalue weighted by Crippen LogP contribution is 2.22. The molecule has 0 amide bonds. The first kappa shape index (κ1) is 25.9. The van der Waals surface area contributed by atoms with Gasteiger partial charge in [0.2, 0.25) is 0 Å². The Balaban J connectivity index is 1.93. The average Bonchev–Trinajstić information content (AvgIpc) is 3.01. The third-order valence-electron chi connectivity index (χ3n) is 5.46. The fourth-order valence-electron chi connectivity index (χ4n) is 3.84. The van der Waals surface area contributed by atoms with E-state index in [0.29, 0.717) is 19.8 Å². The summed E-state index contributed by atoms with van der Waals surface area (Å²) < 4.78 is 23.1. The number of hydrogen-bond acceptors (Lipinski definition) is 4. The first-order valence-electron chi connectivity index (χ1n) is 12.1. The molecule has 1 aliphatic heterocycles. The highest BCUT2D eigenvalue weighted by Gasteiger charge is 2.32. The van der Waals surface area contributed by atoms with Gasteiger partial charge >= 0.3 is 0 Å². The van der Waals surface area contributed by atoms with E-state index in [0.717, 1.165) is 13.0 Å². The normalized spacial score (nSPS) is 19.9. The van der Waals surface area contributed by atoms with Crippen molar-refractivity contribution in [1.82, 2.24) is 0 Å². The van der Waals surface area contributed by atoms with Crippen LogP contribution in [0.3, 0.4) is 0 Å². The first-order valence-corrected chi connectivity index (χ1v) is 12.1. The van der Waals surface area contributed by atoms with Gasteiger partial charge in [0.1, 0.15) is 6.10 Å². The Bertz CT molecular complexity index is 345. The number of hydrogen-bond donors (Lipinski definition) is 0. The first-order chi connectivity index (χ1) is 13.6. The summed E-state index contributed by atoms with van der Waals surface area (Å²) >= 11 is 0. The van der Waals surface area contributed by atoms with Crippen LogP contribution in [0.4, 0.5) is 0 Å². The van der Waals surface area contributed by atoms with E-state index in [4.69, 9.17) is 18.9 Å². The summed E-state index contributed by atoms with van der Waals surface area (Å²) in [5.74, 6) is -0.470. The van der Waals surface area contributed by atoms with Gasteiger partial charge in [-0.3, -0.25) is 0 Å². The van der Waals surface area contributed by atoms with Crippen molar-refractivity contribution in [3.8, 4) is 0 Å².